The number of aromatic nitrogens is 2. The van der Waals surface area contributed by atoms with Crippen molar-refractivity contribution in [2.45, 2.75) is 9.92 Å². The van der Waals surface area contributed by atoms with Gasteiger partial charge < -0.3 is 5.73 Å². The molecule has 0 radical (unpaired) electrons. The molecular weight excluding hydrogens is 274 g/mol. The third-order valence-corrected chi connectivity index (χ3v) is 3.67. The van der Waals surface area contributed by atoms with E-state index in [1.807, 2.05) is 30.3 Å². The molecule has 0 saturated carbocycles. The van der Waals surface area contributed by atoms with Gasteiger partial charge in [-0.05, 0) is 34.1 Å². The second-order valence-electron chi connectivity index (χ2n) is 2.79. The zero-order valence-electron chi connectivity index (χ0n) is 7.72. The summed E-state index contributed by atoms with van der Waals surface area (Å²) in [6.45, 7) is 0. The molecule has 5 heteroatoms. The van der Waals surface area contributed by atoms with Crippen molar-refractivity contribution in [3.8, 4) is 0 Å². The minimum atomic E-state index is 0.298. The number of benzene rings is 1. The molecule has 1 aromatic carbocycles. The molecule has 1 heterocycles. The van der Waals surface area contributed by atoms with E-state index >= 15 is 0 Å². The summed E-state index contributed by atoms with van der Waals surface area (Å²) in [5.74, 6) is 0.298. The van der Waals surface area contributed by atoms with Crippen molar-refractivity contribution in [3.05, 3.63) is 41.0 Å². The van der Waals surface area contributed by atoms with Crippen molar-refractivity contribution in [3.63, 3.8) is 0 Å². The zero-order chi connectivity index (χ0) is 10.7. The van der Waals surface area contributed by atoms with E-state index in [-0.39, 0.29) is 0 Å². The van der Waals surface area contributed by atoms with Crippen LogP contribution in [-0.4, -0.2) is 9.97 Å². The highest BCUT2D eigenvalue weighted by Gasteiger charge is 2.02. The van der Waals surface area contributed by atoms with Crippen LogP contribution in [0.15, 0.2) is 50.9 Å². The summed E-state index contributed by atoms with van der Waals surface area (Å²) in [7, 11) is 0. The summed E-state index contributed by atoms with van der Waals surface area (Å²) in [5, 5.41) is 0.842. The molecule has 2 aromatic rings. The Kier molecular flexibility index (Phi) is 3.23. The van der Waals surface area contributed by atoms with Crippen LogP contribution in [0.25, 0.3) is 0 Å². The summed E-state index contributed by atoms with van der Waals surface area (Å²) >= 11 is 5.03. The Hall–Kier alpha value is -1.07. The van der Waals surface area contributed by atoms with Crippen LogP contribution in [0.3, 0.4) is 0 Å². The monoisotopic (exact) mass is 281 g/mol. The van der Waals surface area contributed by atoms with E-state index < -0.39 is 0 Å². The molecule has 0 atom stereocenters. The van der Waals surface area contributed by atoms with Gasteiger partial charge in [-0.25, -0.2) is 9.97 Å². The molecule has 1 aromatic heterocycles. The maximum atomic E-state index is 5.50. The summed E-state index contributed by atoms with van der Waals surface area (Å²) in [4.78, 5) is 9.07. The van der Waals surface area contributed by atoms with Gasteiger partial charge in [0.25, 0.3) is 0 Å². The molecule has 0 bridgehead atoms. The van der Waals surface area contributed by atoms with Crippen molar-refractivity contribution in [2.75, 3.05) is 5.73 Å². The second-order valence-corrected chi connectivity index (χ2v) is 4.70. The highest BCUT2D eigenvalue weighted by atomic mass is 79.9. The lowest BCUT2D eigenvalue weighted by Gasteiger charge is -2.02. The Labute approximate surface area is 100 Å². The number of hydrogen-bond acceptors (Lipinski definition) is 4. The number of nitrogens with two attached hydrogens (primary N) is 1. The van der Waals surface area contributed by atoms with Crippen molar-refractivity contribution in [1.82, 2.24) is 9.97 Å². The average molecular weight is 282 g/mol. The van der Waals surface area contributed by atoms with Crippen molar-refractivity contribution in [2.24, 2.45) is 0 Å². The third-order valence-electron chi connectivity index (χ3n) is 1.70. The first kappa shape index (κ1) is 10.4. The van der Waals surface area contributed by atoms with E-state index in [4.69, 9.17) is 5.73 Å². The lowest BCUT2D eigenvalue weighted by atomic mass is 10.4. The van der Waals surface area contributed by atoms with Crippen LogP contribution in [0.2, 0.25) is 0 Å². The molecule has 0 spiro atoms. The fourth-order valence-electron chi connectivity index (χ4n) is 1.05. The van der Waals surface area contributed by atoms with Crippen LogP contribution in [-0.2, 0) is 0 Å². The molecule has 0 aliphatic rings. The van der Waals surface area contributed by atoms with Gasteiger partial charge in [-0.1, -0.05) is 23.9 Å². The van der Waals surface area contributed by atoms with Crippen LogP contribution in [0.4, 0.5) is 5.95 Å². The van der Waals surface area contributed by atoms with Crippen LogP contribution < -0.4 is 5.73 Å². The Morgan fingerprint density at radius 1 is 1.20 bits per heavy atom. The lowest BCUT2D eigenvalue weighted by molar-refractivity contribution is 1.06. The Morgan fingerprint density at radius 2 is 2.00 bits per heavy atom. The number of nitrogens with zero attached hydrogens (tertiary/aromatic N) is 2. The predicted molar refractivity (Wildman–Crippen MR) is 64.7 cm³/mol. The van der Waals surface area contributed by atoms with Gasteiger partial charge >= 0.3 is 0 Å². The SMILES string of the molecule is Nc1nccc(Sc2ccccc2Br)n1. The van der Waals surface area contributed by atoms with Crippen molar-refractivity contribution >= 4 is 33.6 Å². The predicted octanol–water partition coefficient (Wildman–Crippen LogP) is 2.97. The van der Waals surface area contributed by atoms with Crippen LogP contribution in [0.1, 0.15) is 0 Å². The van der Waals surface area contributed by atoms with E-state index in [9.17, 15) is 0 Å². The van der Waals surface area contributed by atoms with Gasteiger partial charge in [0.2, 0.25) is 5.95 Å². The van der Waals surface area contributed by atoms with E-state index in [0.29, 0.717) is 5.95 Å². The fourth-order valence-corrected chi connectivity index (χ4v) is 2.39. The number of anilines is 1. The van der Waals surface area contributed by atoms with Gasteiger partial charge in [0, 0.05) is 15.6 Å². The van der Waals surface area contributed by atoms with Crippen molar-refractivity contribution < 1.29 is 0 Å². The molecule has 15 heavy (non-hydrogen) atoms. The molecule has 0 aliphatic heterocycles. The topological polar surface area (TPSA) is 51.8 Å². The van der Waals surface area contributed by atoms with Gasteiger partial charge in [0.15, 0.2) is 0 Å². The van der Waals surface area contributed by atoms with Crippen molar-refractivity contribution in [1.29, 1.82) is 0 Å². The average Bonchev–Trinajstić information content (AvgIpc) is 2.22. The second kappa shape index (κ2) is 4.63. The molecule has 76 valence electrons. The first-order chi connectivity index (χ1) is 7.25. The van der Waals surface area contributed by atoms with E-state index in [1.165, 1.54) is 0 Å². The molecule has 2 rings (SSSR count). The summed E-state index contributed by atoms with van der Waals surface area (Å²) in [6.07, 6.45) is 1.65. The van der Waals surface area contributed by atoms with E-state index in [1.54, 1.807) is 18.0 Å². The smallest absolute Gasteiger partial charge is 0.221 e. The molecule has 0 aliphatic carbocycles. The van der Waals surface area contributed by atoms with E-state index in [0.717, 1.165) is 14.4 Å². The van der Waals surface area contributed by atoms with Crippen LogP contribution >= 0.6 is 27.7 Å². The number of halogens is 1. The molecule has 0 unspecified atom stereocenters. The minimum absolute atomic E-state index is 0.298. The summed E-state index contributed by atoms with van der Waals surface area (Å²) < 4.78 is 1.05. The standard InChI is InChI=1S/C10H8BrN3S/c11-7-3-1-2-4-8(7)15-9-5-6-13-10(12)14-9/h1-6H,(H2,12,13,14). The van der Waals surface area contributed by atoms with Gasteiger partial charge in [0.1, 0.15) is 5.03 Å². The molecule has 3 nitrogen and oxygen atoms in total. The maximum Gasteiger partial charge on any atom is 0.221 e. The van der Waals surface area contributed by atoms with E-state index in [2.05, 4.69) is 25.9 Å². The van der Waals surface area contributed by atoms with Gasteiger partial charge in [-0.2, -0.15) is 0 Å². The lowest BCUT2D eigenvalue weighted by Crippen LogP contribution is -1.94. The summed E-state index contributed by atoms with van der Waals surface area (Å²) in [5.41, 5.74) is 5.50. The molecule has 0 saturated heterocycles. The third kappa shape index (κ3) is 2.70. The Bertz CT molecular complexity index is 476. The highest BCUT2D eigenvalue weighted by Crippen LogP contribution is 2.31. The molecular formula is C10H8BrN3S. The number of nitrogen functional groups attached to an aromatic ring is 1. The van der Waals surface area contributed by atoms with Gasteiger partial charge in [0.05, 0.1) is 0 Å². The first-order valence-electron chi connectivity index (χ1n) is 4.26. The highest BCUT2D eigenvalue weighted by molar-refractivity contribution is 9.10. The van der Waals surface area contributed by atoms with Gasteiger partial charge in [-0.15, -0.1) is 0 Å². The normalized spacial score (nSPS) is 10.2. The minimum Gasteiger partial charge on any atom is -0.368 e. The number of hydrogen-bond donors (Lipinski definition) is 1. The largest absolute Gasteiger partial charge is 0.368 e. The Balaban J connectivity index is 2.26. The molecule has 2 N–H and O–H groups in total. The van der Waals surface area contributed by atoms with Gasteiger partial charge in [-0.3, -0.25) is 0 Å². The van der Waals surface area contributed by atoms with Crippen LogP contribution in [0, 0.1) is 0 Å². The quantitative estimate of drug-likeness (QED) is 0.860. The maximum absolute atomic E-state index is 5.50. The summed E-state index contributed by atoms with van der Waals surface area (Å²) in [6, 6.07) is 9.81. The number of rotatable bonds is 2. The van der Waals surface area contributed by atoms with Crippen LogP contribution in [0.5, 0.6) is 0 Å². The Morgan fingerprint density at radius 3 is 2.73 bits per heavy atom. The molecule has 0 fully saturated rings. The molecule has 0 amide bonds. The first-order valence-corrected chi connectivity index (χ1v) is 5.87. The zero-order valence-corrected chi connectivity index (χ0v) is 10.1. The fraction of sp³-hybridized carbons (Fsp3) is 0.